The Labute approximate surface area is 108 Å². The first kappa shape index (κ1) is 11.8. The molecule has 1 unspecified atom stereocenters. The molecule has 2 aliphatic heterocycles. The van der Waals surface area contributed by atoms with E-state index in [4.69, 9.17) is 0 Å². The molecule has 17 heavy (non-hydrogen) atoms. The van der Waals surface area contributed by atoms with E-state index in [1.54, 1.807) is 0 Å². The van der Waals surface area contributed by atoms with Gasteiger partial charge in [0.15, 0.2) is 0 Å². The van der Waals surface area contributed by atoms with Crippen LogP contribution in [-0.4, -0.2) is 40.1 Å². The van der Waals surface area contributed by atoms with E-state index in [9.17, 15) is 4.79 Å². The van der Waals surface area contributed by atoms with E-state index in [0.29, 0.717) is 10.7 Å². The van der Waals surface area contributed by atoms with E-state index in [-0.39, 0.29) is 5.54 Å². The lowest BCUT2D eigenvalue weighted by atomic mass is 9.97. The van der Waals surface area contributed by atoms with Crippen molar-refractivity contribution in [3.63, 3.8) is 0 Å². The van der Waals surface area contributed by atoms with Crippen molar-refractivity contribution in [3.8, 4) is 0 Å². The van der Waals surface area contributed by atoms with E-state index in [1.807, 2.05) is 11.8 Å². The van der Waals surface area contributed by atoms with Gasteiger partial charge in [-0.15, -0.1) is 0 Å². The van der Waals surface area contributed by atoms with Gasteiger partial charge in [-0.25, -0.2) is 0 Å². The minimum atomic E-state index is -0.167. The number of nitrogens with zero attached hydrogens (tertiary/aromatic N) is 1. The zero-order chi connectivity index (χ0) is 11.9. The average molecular weight is 254 g/mol. The molecule has 3 fully saturated rings. The summed E-state index contributed by atoms with van der Waals surface area (Å²) in [6.45, 7) is 4.03. The SMILES string of the molecule is CC1(CN2CNC3(CCCC3)C2=O)CCCS1. The number of hydrogen-bond acceptors (Lipinski definition) is 3. The molecular formula is C13H22N2OS. The van der Waals surface area contributed by atoms with Crippen LogP contribution < -0.4 is 5.32 Å². The number of rotatable bonds is 2. The monoisotopic (exact) mass is 254 g/mol. The summed E-state index contributed by atoms with van der Waals surface area (Å²) in [6.07, 6.45) is 7.08. The summed E-state index contributed by atoms with van der Waals surface area (Å²) < 4.78 is 0.307. The highest BCUT2D eigenvalue weighted by Crippen LogP contribution is 2.40. The lowest BCUT2D eigenvalue weighted by Crippen LogP contribution is -2.45. The van der Waals surface area contributed by atoms with Crippen molar-refractivity contribution in [3.05, 3.63) is 0 Å². The zero-order valence-electron chi connectivity index (χ0n) is 10.6. The first-order chi connectivity index (χ1) is 8.14. The fourth-order valence-corrected chi connectivity index (χ4v) is 4.88. The minimum Gasteiger partial charge on any atom is -0.327 e. The lowest BCUT2D eigenvalue weighted by Gasteiger charge is -2.29. The average Bonchev–Trinajstić information content (AvgIpc) is 2.99. The topological polar surface area (TPSA) is 32.3 Å². The second kappa shape index (κ2) is 4.16. The number of hydrogen-bond donors (Lipinski definition) is 1. The van der Waals surface area contributed by atoms with Crippen LogP contribution in [0.3, 0.4) is 0 Å². The number of thioether (sulfide) groups is 1. The maximum Gasteiger partial charge on any atom is 0.244 e. The third kappa shape index (κ3) is 1.99. The Morgan fingerprint density at radius 3 is 2.71 bits per heavy atom. The van der Waals surface area contributed by atoms with E-state index in [1.165, 1.54) is 31.4 Å². The summed E-state index contributed by atoms with van der Waals surface area (Å²) in [5.41, 5.74) is -0.167. The van der Waals surface area contributed by atoms with Crippen molar-refractivity contribution in [1.29, 1.82) is 0 Å². The van der Waals surface area contributed by atoms with Crippen molar-refractivity contribution in [2.45, 2.75) is 55.7 Å². The minimum absolute atomic E-state index is 0.167. The fraction of sp³-hybridized carbons (Fsp3) is 0.923. The number of nitrogens with one attached hydrogen (secondary N) is 1. The Morgan fingerprint density at radius 1 is 1.29 bits per heavy atom. The Morgan fingerprint density at radius 2 is 2.06 bits per heavy atom. The van der Waals surface area contributed by atoms with E-state index >= 15 is 0 Å². The lowest BCUT2D eigenvalue weighted by molar-refractivity contribution is -0.132. The molecule has 0 radical (unpaired) electrons. The van der Waals surface area contributed by atoms with Gasteiger partial charge in [-0.3, -0.25) is 10.1 Å². The summed E-state index contributed by atoms with van der Waals surface area (Å²) in [4.78, 5) is 14.6. The predicted molar refractivity (Wildman–Crippen MR) is 71.0 cm³/mol. The maximum absolute atomic E-state index is 12.5. The van der Waals surface area contributed by atoms with Gasteiger partial charge in [-0.05, 0) is 38.4 Å². The summed E-state index contributed by atoms with van der Waals surface area (Å²) in [5.74, 6) is 1.64. The van der Waals surface area contributed by atoms with Crippen molar-refractivity contribution >= 4 is 17.7 Å². The smallest absolute Gasteiger partial charge is 0.244 e. The Kier molecular flexibility index (Phi) is 2.90. The van der Waals surface area contributed by atoms with Gasteiger partial charge >= 0.3 is 0 Å². The normalized spacial score (nSPS) is 36.3. The Hall–Kier alpha value is -0.220. The fourth-order valence-electron chi connectivity index (χ4n) is 3.56. The molecule has 2 saturated heterocycles. The molecule has 96 valence electrons. The summed E-state index contributed by atoms with van der Waals surface area (Å²) in [7, 11) is 0. The number of carbonyl (C=O) groups is 1. The van der Waals surface area contributed by atoms with Crippen LogP contribution in [0, 0.1) is 0 Å². The maximum atomic E-state index is 12.5. The molecule has 0 aromatic carbocycles. The van der Waals surface area contributed by atoms with Crippen LogP contribution in [0.1, 0.15) is 45.4 Å². The molecule has 0 aromatic rings. The van der Waals surface area contributed by atoms with Crippen LogP contribution in [0.15, 0.2) is 0 Å². The van der Waals surface area contributed by atoms with Crippen molar-refractivity contribution in [1.82, 2.24) is 10.2 Å². The molecule has 2 heterocycles. The van der Waals surface area contributed by atoms with Crippen molar-refractivity contribution in [2.24, 2.45) is 0 Å². The second-order valence-corrected chi connectivity index (χ2v) is 7.71. The van der Waals surface area contributed by atoms with Crippen LogP contribution in [0.2, 0.25) is 0 Å². The molecule has 3 aliphatic rings. The van der Waals surface area contributed by atoms with Crippen LogP contribution in [0.5, 0.6) is 0 Å². The quantitative estimate of drug-likeness (QED) is 0.818. The predicted octanol–water partition coefficient (Wildman–Crippen LogP) is 1.97. The first-order valence-corrected chi connectivity index (χ1v) is 7.81. The number of carbonyl (C=O) groups excluding carboxylic acids is 1. The molecule has 1 N–H and O–H groups in total. The zero-order valence-corrected chi connectivity index (χ0v) is 11.4. The van der Waals surface area contributed by atoms with Gasteiger partial charge in [0.2, 0.25) is 5.91 Å². The van der Waals surface area contributed by atoms with E-state index < -0.39 is 0 Å². The molecule has 1 aliphatic carbocycles. The third-order valence-electron chi connectivity index (χ3n) is 4.59. The van der Waals surface area contributed by atoms with Crippen molar-refractivity contribution < 1.29 is 4.79 Å². The molecule has 3 nitrogen and oxygen atoms in total. The van der Waals surface area contributed by atoms with Gasteiger partial charge in [0.25, 0.3) is 0 Å². The highest BCUT2D eigenvalue weighted by atomic mass is 32.2. The van der Waals surface area contributed by atoms with Crippen LogP contribution in [0.4, 0.5) is 0 Å². The molecule has 1 atom stereocenters. The first-order valence-electron chi connectivity index (χ1n) is 6.82. The largest absolute Gasteiger partial charge is 0.327 e. The number of amides is 1. The summed E-state index contributed by atoms with van der Waals surface area (Å²) in [6, 6.07) is 0. The molecule has 1 spiro atoms. The van der Waals surface area contributed by atoms with E-state index in [2.05, 4.69) is 17.1 Å². The Balaban J connectivity index is 1.67. The molecule has 4 heteroatoms. The summed E-state index contributed by atoms with van der Waals surface area (Å²) >= 11 is 2.04. The van der Waals surface area contributed by atoms with Crippen LogP contribution >= 0.6 is 11.8 Å². The second-order valence-electron chi connectivity index (χ2n) is 6.03. The molecular weight excluding hydrogens is 232 g/mol. The van der Waals surface area contributed by atoms with Gasteiger partial charge < -0.3 is 4.90 Å². The summed E-state index contributed by atoms with van der Waals surface area (Å²) in [5, 5.41) is 3.49. The van der Waals surface area contributed by atoms with Crippen LogP contribution in [0.25, 0.3) is 0 Å². The molecule has 1 saturated carbocycles. The van der Waals surface area contributed by atoms with Gasteiger partial charge in [0.05, 0.1) is 12.2 Å². The van der Waals surface area contributed by atoms with Gasteiger partial charge in [0, 0.05) is 11.3 Å². The van der Waals surface area contributed by atoms with Crippen LogP contribution in [-0.2, 0) is 4.79 Å². The van der Waals surface area contributed by atoms with Crippen molar-refractivity contribution in [2.75, 3.05) is 19.0 Å². The molecule has 1 amide bonds. The molecule has 0 aromatic heterocycles. The molecule has 3 rings (SSSR count). The highest BCUT2D eigenvalue weighted by molar-refractivity contribution is 8.00. The van der Waals surface area contributed by atoms with Gasteiger partial charge in [-0.1, -0.05) is 12.8 Å². The third-order valence-corrected chi connectivity index (χ3v) is 6.11. The standard InChI is InChI=1S/C13H22N2OS/c1-12(5-4-8-17-12)9-15-10-14-13(11(15)16)6-2-3-7-13/h14H,2-10H2,1H3. The van der Waals surface area contributed by atoms with E-state index in [0.717, 1.165) is 26.1 Å². The Bertz CT molecular complexity index is 319. The highest BCUT2D eigenvalue weighted by Gasteiger charge is 2.49. The van der Waals surface area contributed by atoms with Gasteiger partial charge in [-0.2, -0.15) is 11.8 Å². The molecule has 0 bridgehead atoms. The van der Waals surface area contributed by atoms with Gasteiger partial charge in [0.1, 0.15) is 0 Å².